The highest BCUT2D eigenvalue weighted by Gasteiger charge is 2.28. The van der Waals surface area contributed by atoms with E-state index in [9.17, 15) is 13.2 Å². The van der Waals surface area contributed by atoms with Crippen molar-refractivity contribution in [3.8, 4) is 0 Å². The van der Waals surface area contributed by atoms with Crippen LogP contribution in [0, 0.1) is 13.8 Å². The third-order valence-electron chi connectivity index (χ3n) is 4.18. The molecule has 1 aromatic carbocycles. The summed E-state index contributed by atoms with van der Waals surface area (Å²) >= 11 is 0. The number of nitrogens with zero attached hydrogens (tertiary/aromatic N) is 2. The minimum absolute atomic E-state index is 0.167. The lowest BCUT2D eigenvalue weighted by atomic mass is 10.1. The van der Waals surface area contributed by atoms with Crippen molar-refractivity contribution < 1.29 is 17.7 Å². The molecule has 0 radical (unpaired) electrons. The van der Waals surface area contributed by atoms with Crippen molar-refractivity contribution in [3.63, 3.8) is 0 Å². The molecule has 2 aromatic rings. The third kappa shape index (κ3) is 3.01. The van der Waals surface area contributed by atoms with Gasteiger partial charge < -0.3 is 9.84 Å². The van der Waals surface area contributed by atoms with Crippen molar-refractivity contribution in [3.05, 3.63) is 40.8 Å². The van der Waals surface area contributed by atoms with Gasteiger partial charge in [0.2, 0.25) is 15.9 Å². The number of anilines is 2. The zero-order valence-electron chi connectivity index (χ0n) is 13.8. The average molecular weight is 349 g/mol. The Morgan fingerprint density at radius 3 is 2.75 bits per heavy atom. The Morgan fingerprint density at radius 1 is 1.38 bits per heavy atom. The van der Waals surface area contributed by atoms with Crippen LogP contribution in [0.15, 0.2) is 22.7 Å². The number of nitrogens with one attached hydrogen (secondary N) is 1. The van der Waals surface area contributed by atoms with Crippen molar-refractivity contribution in [2.24, 2.45) is 0 Å². The third-order valence-corrected chi connectivity index (χ3v) is 5.36. The highest BCUT2D eigenvalue weighted by Crippen LogP contribution is 2.35. The molecule has 0 unspecified atom stereocenters. The second-order valence-corrected chi connectivity index (χ2v) is 7.82. The largest absolute Gasteiger partial charge is 0.361 e. The monoisotopic (exact) mass is 349 g/mol. The standard InChI is InChI=1S/C16H19N3O4S/c1-10-13(11(2)23-18-10)9-16(20)17-14-5-4-6-15-12(14)7-8-19(15)24(3,21)22/h4-6H,7-9H2,1-3H3,(H,17,20). The Kier molecular flexibility index (Phi) is 4.08. The highest BCUT2D eigenvalue weighted by atomic mass is 32.2. The van der Waals surface area contributed by atoms with Crippen LogP contribution in [-0.2, 0) is 27.7 Å². The van der Waals surface area contributed by atoms with Gasteiger partial charge in [-0.1, -0.05) is 11.2 Å². The van der Waals surface area contributed by atoms with Crippen molar-refractivity contribution >= 4 is 27.3 Å². The number of hydrogen-bond acceptors (Lipinski definition) is 5. The lowest BCUT2D eigenvalue weighted by Crippen LogP contribution is -2.27. The normalized spacial score (nSPS) is 13.9. The summed E-state index contributed by atoms with van der Waals surface area (Å²) in [6.07, 6.45) is 1.93. The van der Waals surface area contributed by atoms with Crippen molar-refractivity contribution in [1.29, 1.82) is 0 Å². The fourth-order valence-corrected chi connectivity index (χ4v) is 3.93. The SMILES string of the molecule is Cc1noc(C)c1CC(=O)Nc1cccc2c1CCN2S(C)(=O)=O. The van der Waals surface area contributed by atoms with Crippen molar-refractivity contribution in [2.45, 2.75) is 26.7 Å². The fourth-order valence-electron chi connectivity index (χ4n) is 2.98. The van der Waals surface area contributed by atoms with Gasteiger partial charge in [0.05, 0.1) is 24.1 Å². The van der Waals surface area contributed by atoms with Crippen molar-refractivity contribution in [2.75, 3.05) is 22.4 Å². The molecule has 1 aliphatic heterocycles. The van der Waals surface area contributed by atoms with E-state index >= 15 is 0 Å². The van der Waals surface area contributed by atoms with E-state index in [0.29, 0.717) is 35.8 Å². The summed E-state index contributed by atoms with van der Waals surface area (Å²) in [6, 6.07) is 5.29. The molecule has 128 valence electrons. The maximum Gasteiger partial charge on any atom is 0.232 e. The molecule has 24 heavy (non-hydrogen) atoms. The van der Waals surface area contributed by atoms with Crippen LogP contribution in [0.2, 0.25) is 0 Å². The highest BCUT2D eigenvalue weighted by molar-refractivity contribution is 7.92. The Labute approximate surface area is 140 Å². The van der Waals surface area contributed by atoms with Crippen LogP contribution in [0.1, 0.15) is 22.6 Å². The number of benzene rings is 1. The molecule has 3 rings (SSSR count). The summed E-state index contributed by atoms with van der Waals surface area (Å²) in [7, 11) is -3.31. The Morgan fingerprint density at radius 2 is 2.12 bits per heavy atom. The molecule has 8 heteroatoms. The van der Waals surface area contributed by atoms with Crippen LogP contribution in [-0.4, -0.2) is 32.3 Å². The van der Waals surface area contributed by atoms with Gasteiger partial charge in [0.1, 0.15) is 5.76 Å². The number of rotatable bonds is 4. The van der Waals surface area contributed by atoms with Crippen molar-refractivity contribution in [1.82, 2.24) is 5.16 Å². The molecule has 0 saturated heterocycles. The van der Waals surface area contributed by atoms with Crippen LogP contribution in [0.25, 0.3) is 0 Å². The molecule has 0 bridgehead atoms. The van der Waals surface area contributed by atoms with E-state index in [0.717, 1.165) is 11.1 Å². The van der Waals surface area contributed by atoms with Gasteiger partial charge in [-0.15, -0.1) is 0 Å². The van der Waals surface area contributed by atoms with Gasteiger partial charge in [-0.25, -0.2) is 8.42 Å². The van der Waals surface area contributed by atoms with E-state index in [-0.39, 0.29) is 12.3 Å². The predicted octanol–water partition coefficient (Wildman–Crippen LogP) is 1.79. The number of hydrogen-bond donors (Lipinski definition) is 1. The molecule has 0 fully saturated rings. The zero-order chi connectivity index (χ0) is 17.5. The number of carbonyl (C=O) groups excluding carboxylic acids is 1. The van der Waals surface area contributed by atoms with Crippen LogP contribution in [0.5, 0.6) is 0 Å². The molecular weight excluding hydrogens is 330 g/mol. The van der Waals surface area contributed by atoms with E-state index < -0.39 is 10.0 Å². The van der Waals surface area contributed by atoms with Crippen LogP contribution >= 0.6 is 0 Å². The second-order valence-electron chi connectivity index (χ2n) is 5.92. The van der Waals surface area contributed by atoms with Gasteiger partial charge in [0.15, 0.2) is 0 Å². The number of amides is 1. The molecule has 1 N–H and O–H groups in total. The first-order valence-electron chi connectivity index (χ1n) is 7.58. The average Bonchev–Trinajstić information content (AvgIpc) is 3.06. The molecule has 0 spiro atoms. The smallest absolute Gasteiger partial charge is 0.232 e. The Bertz CT molecular complexity index is 883. The number of aromatic nitrogens is 1. The van der Waals surface area contributed by atoms with Gasteiger partial charge in [0, 0.05) is 23.4 Å². The lowest BCUT2D eigenvalue weighted by Gasteiger charge is -2.17. The van der Waals surface area contributed by atoms with E-state index in [1.807, 2.05) is 0 Å². The summed E-state index contributed by atoms with van der Waals surface area (Å²) in [6.45, 7) is 3.96. The molecular formula is C16H19N3O4S. The van der Waals surface area contributed by atoms with Gasteiger partial charge in [0.25, 0.3) is 0 Å². The van der Waals surface area contributed by atoms with Crippen LogP contribution in [0.3, 0.4) is 0 Å². The van der Waals surface area contributed by atoms with E-state index in [1.54, 1.807) is 32.0 Å². The quantitative estimate of drug-likeness (QED) is 0.908. The Hall–Kier alpha value is -2.35. The number of fused-ring (bicyclic) bond motifs is 1. The van der Waals surface area contributed by atoms with Gasteiger partial charge in [-0.2, -0.15) is 0 Å². The first-order valence-corrected chi connectivity index (χ1v) is 9.43. The molecule has 7 nitrogen and oxygen atoms in total. The summed E-state index contributed by atoms with van der Waals surface area (Å²) in [5, 5.41) is 6.72. The summed E-state index contributed by atoms with van der Waals surface area (Å²) in [5.41, 5.74) is 3.60. The Balaban J connectivity index is 1.82. The summed E-state index contributed by atoms with van der Waals surface area (Å²) in [5.74, 6) is 0.444. The van der Waals surface area contributed by atoms with Crippen LogP contribution < -0.4 is 9.62 Å². The second kappa shape index (κ2) is 5.94. The van der Waals surface area contributed by atoms with E-state index in [2.05, 4.69) is 10.5 Å². The van der Waals surface area contributed by atoms with Gasteiger partial charge in [-0.05, 0) is 32.4 Å². The molecule has 1 aromatic heterocycles. The molecule has 0 aliphatic carbocycles. The maximum atomic E-state index is 12.4. The maximum absolute atomic E-state index is 12.4. The number of sulfonamides is 1. The molecule has 1 aliphatic rings. The molecule has 1 amide bonds. The minimum Gasteiger partial charge on any atom is -0.361 e. The molecule has 0 atom stereocenters. The first-order chi connectivity index (χ1) is 11.3. The fraction of sp³-hybridized carbons (Fsp3) is 0.375. The van der Waals surface area contributed by atoms with E-state index in [1.165, 1.54) is 10.6 Å². The minimum atomic E-state index is -3.31. The predicted molar refractivity (Wildman–Crippen MR) is 90.6 cm³/mol. The number of aryl methyl sites for hydroxylation is 2. The van der Waals surface area contributed by atoms with Crippen LogP contribution in [0.4, 0.5) is 11.4 Å². The lowest BCUT2D eigenvalue weighted by molar-refractivity contribution is -0.115. The van der Waals surface area contributed by atoms with Gasteiger partial charge in [-0.3, -0.25) is 9.10 Å². The molecule has 2 heterocycles. The summed E-state index contributed by atoms with van der Waals surface area (Å²) in [4.78, 5) is 12.4. The van der Waals surface area contributed by atoms with Gasteiger partial charge >= 0.3 is 0 Å². The topological polar surface area (TPSA) is 92.5 Å². The number of carbonyl (C=O) groups is 1. The summed E-state index contributed by atoms with van der Waals surface area (Å²) < 4.78 is 30.1. The molecule has 0 saturated carbocycles. The zero-order valence-corrected chi connectivity index (χ0v) is 14.6. The van der Waals surface area contributed by atoms with E-state index in [4.69, 9.17) is 4.52 Å². The first kappa shape index (κ1) is 16.5.